The van der Waals surface area contributed by atoms with E-state index < -0.39 is 0 Å². The Hall–Kier alpha value is -0.480. The van der Waals surface area contributed by atoms with E-state index in [1.807, 2.05) is 12.1 Å². The van der Waals surface area contributed by atoms with Crippen molar-refractivity contribution < 1.29 is 9.47 Å². The average molecular weight is 330 g/mol. The number of benzene rings is 1. The van der Waals surface area contributed by atoms with Gasteiger partial charge in [0.05, 0.1) is 5.02 Å². The van der Waals surface area contributed by atoms with Crippen molar-refractivity contribution in [3.05, 3.63) is 28.2 Å². The molecule has 0 spiro atoms. The van der Waals surface area contributed by atoms with Crippen molar-refractivity contribution in [2.75, 3.05) is 26.3 Å². The van der Waals surface area contributed by atoms with Gasteiger partial charge in [-0.15, -0.1) is 0 Å². The maximum Gasteiger partial charge on any atom is 0.138 e. The molecule has 21 heavy (non-hydrogen) atoms. The quantitative estimate of drug-likeness (QED) is 0.911. The monoisotopic (exact) mass is 329 g/mol. The predicted octanol–water partition coefficient (Wildman–Crippen LogP) is 3.78. The third-order valence-electron chi connectivity index (χ3n) is 4.45. The summed E-state index contributed by atoms with van der Waals surface area (Å²) in [6, 6.07) is 5.45. The Balaban J connectivity index is 1.77. The van der Waals surface area contributed by atoms with E-state index in [0.717, 1.165) is 51.3 Å². The Morgan fingerprint density at radius 3 is 2.62 bits per heavy atom. The van der Waals surface area contributed by atoms with Crippen LogP contribution in [0.4, 0.5) is 0 Å². The van der Waals surface area contributed by atoms with Crippen molar-refractivity contribution in [3.63, 3.8) is 0 Å². The first-order valence-electron chi connectivity index (χ1n) is 7.64. The molecule has 0 bridgehead atoms. The molecule has 2 atom stereocenters. The maximum atomic E-state index is 6.34. The molecule has 0 aliphatic carbocycles. The Morgan fingerprint density at radius 2 is 1.95 bits per heavy atom. The fourth-order valence-electron chi connectivity index (χ4n) is 3.30. The minimum Gasteiger partial charge on any atom is -0.488 e. The van der Waals surface area contributed by atoms with Gasteiger partial charge in [-0.05, 0) is 44.0 Å². The first kappa shape index (κ1) is 15.4. The van der Waals surface area contributed by atoms with Gasteiger partial charge < -0.3 is 14.8 Å². The number of ether oxygens (including phenoxy) is 2. The van der Waals surface area contributed by atoms with Crippen molar-refractivity contribution in [3.8, 4) is 5.75 Å². The van der Waals surface area contributed by atoms with Crippen molar-refractivity contribution >= 4 is 23.2 Å². The van der Waals surface area contributed by atoms with E-state index >= 15 is 0 Å². The largest absolute Gasteiger partial charge is 0.488 e. The molecule has 2 heterocycles. The van der Waals surface area contributed by atoms with E-state index in [0.29, 0.717) is 21.9 Å². The van der Waals surface area contributed by atoms with Gasteiger partial charge in [0, 0.05) is 36.6 Å². The van der Waals surface area contributed by atoms with Gasteiger partial charge in [-0.2, -0.15) is 0 Å². The maximum absolute atomic E-state index is 6.34. The summed E-state index contributed by atoms with van der Waals surface area (Å²) in [7, 11) is 0. The second kappa shape index (κ2) is 7.19. The molecule has 2 aliphatic rings. The van der Waals surface area contributed by atoms with Crippen LogP contribution in [-0.2, 0) is 4.74 Å². The van der Waals surface area contributed by atoms with E-state index in [9.17, 15) is 0 Å². The lowest BCUT2D eigenvalue weighted by Crippen LogP contribution is -2.39. The van der Waals surface area contributed by atoms with Crippen LogP contribution in [0.5, 0.6) is 5.75 Å². The third-order valence-corrected chi connectivity index (χ3v) is 4.98. The number of hydrogen-bond donors (Lipinski definition) is 1. The smallest absolute Gasteiger partial charge is 0.138 e. The molecule has 1 N–H and O–H groups in total. The van der Waals surface area contributed by atoms with Gasteiger partial charge >= 0.3 is 0 Å². The van der Waals surface area contributed by atoms with Crippen molar-refractivity contribution in [2.24, 2.45) is 11.8 Å². The average Bonchev–Trinajstić information content (AvgIpc) is 3.01. The summed E-state index contributed by atoms with van der Waals surface area (Å²) in [5, 5.41) is 4.66. The number of hydrogen-bond acceptors (Lipinski definition) is 3. The molecular formula is C16H21Cl2NO2. The molecule has 3 rings (SSSR count). The summed E-state index contributed by atoms with van der Waals surface area (Å²) >= 11 is 12.2. The number of nitrogens with one attached hydrogen (secondary N) is 1. The van der Waals surface area contributed by atoms with Crippen molar-refractivity contribution in [1.82, 2.24) is 5.32 Å². The zero-order valence-electron chi connectivity index (χ0n) is 12.0. The van der Waals surface area contributed by atoms with Crippen LogP contribution >= 0.6 is 23.2 Å². The summed E-state index contributed by atoms with van der Waals surface area (Å²) in [6.07, 6.45) is 3.48. The Labute approximate surface area is 135 Å². The van der Waals surface area contributed by atoms with E-state index in [1.165, 1.54) is 0 Å². The second-order valence-corrected chi connectivity index (χ2v) is 6.70. The molecule has 5 heteroatoms. The first-order valence-corrected chi connectivity index (χ1v) is 8.40. The third kappa shape index (κ3) is 3.84. The molecule has 1 aromatic rings. The topological polar surface area (TPSA) is 30.5 Å². The van der Waals surface area contributed by atoms with Crippen LogP contribution in [0.1, 0.15) is 19.3 Å². The lowest BCUT2D eigenvalue weighted by atomic mass is 9.85. The highest BCUT2D eigenvalue weighted by Crippen LogP contribution is 2.34. The summed E-state index contributed by atoms with van der Waals surface area (Å²) in [6.45, 7) is 3.76. The van der Waals surface area contributed by atoms with Crippen molar-refractivity contribution in [2.45, 2.75) is 25.4 Å². The molecule has 3 nitrogen and oxygen atoms in total. The SMILES string of the molecule is Clc1ccc(OC(C2CCOCC2)[C@H]2CCNC2)c(Cl)c1. The van der Waals surface area contributed by atoms with Gasteiger partial charge in [0.2, 0.25) is 0 Å². The van der Waals surface area contributed by atoms with E-state index in [1.54, 1.807) is 6.07 Å². The van der Waals surface area contributed by atoms with Crippen LogP contribution < -0.4 is 10.1 Å². The molecule has 2 saturated heterocycles. The Morgan fingerprint density at radius 1 is 1.14 bits per heavy atom. The highest BCUT2D eigenvalue weighted by Gasteiger charge is 2.34. The summed E-state index contributed by atoms with van der Waals surface area (Å²) in [4.78, 5) is 0. The van der Waals surface area contributed by atoms with E-state index in [2.05, 4.69) is 5.32 Å². The molecule has 116 valence electrons. The lowest BCUT2D eigenvalue weighted by Gasteiger charge is -2.34. The molecule has 2 fully saturated rings. The highest BCUT2D eigenvalue weighted by atomic mass is 35.5. The number of halogens is 2. The minimum absolute atomic E-state index is 0.197. The predicted molar refractivity (Wildman–Crippen MR) is 85.4 cm³/mol. The molecule has 0 aromatic heterocycles. The van der Waals surface area contributed by atoms with Crippen LogP contribution in [0.25, 0.3) is 0 Å². The minimum atomic E-state index is 0.197. The van der Waals surface area contributed by atoms with Crippen molar-refractivity contribution in [1.29, 1.82) is 0 Å². The van der Waals surface area contributed by atoms with Crippen LogP contribution in [0.15, 0.2) is 18.2 Å². The molecule has 1 aromatic carbocycles. The summed E-state index contributed by atoms with van der Waals surface area (Å²) < 4.78 is 11.8. The lowest BCUT2D eigenvalue weighted by molar-refractivity contribution is -0.00129. The van der Waals surface area contributed by atoms with Gasteiger partial charge in [-0.25, -0.2) is 0 Å². The van der Waals surface area contributed by atoms with Gasteiger partial charge in [0.25, 0.3) is 0 Å². The Kier molecular flexibility index (Phi) is 5.28. The van der Waals surface area contributed by atoms with E-state index in [4.69, 9.17) is 32.7 Å². The van der Waals surface area contributed by atoms with Crippen LogP contribution in [0.2, 0.25) is 10.0 Å². The van der Waals surface area contributed by atoms with Gasteiger partial charge in [-0.1, -0.05) is 23.2 Å². The van der Waals surface area contributed by atoms with E-state index in [-0.39, 0.29) is 6.10 Å². The molecule has 0 amide bonds. The van der Waals surface area contributed by atoms with Gasteiger partial charge in [0.15, 0.2) is 0 Å². The van der Waals surface area contributed by atoms with Crippen LogP contribution in [-0.4, -0.2) is 32.4 Å². The second-order valence-electron chi connectivity index (χ2n) is 5.86. The molecule has 1 unspecified atom stereocenters. The standard InChI is InChI=1S/C16H21Cl2NO2/c17-13-1-2-15(14(18)9-13)21-16(12-3-6-19-10-12)11-4-7-20-8-5-11/h1-2,9,11-12,16,19H,3-8,10H2/t12-,16?/m0/s1. The molecule has 2 aliphatic heterocycles. The van der Waals surface area contributed by atoms with Gasteiger partial charge in [0.1, 0.15) is 11.9 Å². The van der Waals surface area contributed by atoms with Gasteiger partial charge in [-0.3, -0.25) is 0 Å². The zero-order chi connectivity index (χ0) is 14.7. The van der Waals surface area contributed by atoms with Crippen LogP contribution in [0.3, 0.4) is 0 Å². The fraction of sp³-hybridized carbons (Fsp3) is 0.625. The molecule has 0 saturated carbocycles. The molecule has 0 radical (unpaired) electrons. The fourth-order valence-corrected chi connectivity index (χ4v) is 3.75. The first-order chi connectivity index (χ1) is 10.2. The zero-order valence-corrected chi connectivity index (χ0v) is 13.5. The number of rotatable bonds is 4. The summed E-state index contributed by atoms with van der Waals surface area (Å²) in [5.41, 5.74) is 0. The Bertz CT molecular complexity index is 471. The molecular weight excluding hydrogens is 309 g/mol. The summed E-state index contributed by atoms with van der Waals surface area (Å²) in [5.74, 6) is 1.82. The highest BCUT2D eigenvalue weighted by molar-refractivity contribution is 6.35. The van der Waals surface area contributed by atoms with Crippen LogP contribution in [0, 0.1) is 11.8 Å². The normalized spacial score (nSPS) is 25.0.